The standard InChI is InChI=1S/C15H11N2.C14H15N4.C11H10F2N2.C9H8N3.C8H4F3N4.C8H6N3.5Ir/c1-2-6-13(7-3-1)14-8-4-9-15(12-14)17-11-5-10-16-17;1-15-6-8-17(11-15)13-4-3-5-14(10-13)18-9-7-16(2)12-18;1-14-4-5-15(8-14)7-9-2-3-10(12)6-11(9)13;1-12-7-10-9(11-12)8-5-3-2-4-6-8;9-8(10,11)7-13-6(14-15-7)5-3-1-2-4-12-5;1-2-5-9-7(3-1)8-4-6-10-11-8;;;;;/h1-8,10-12H;3-9,11-12H,1-2H3;3-6,8H,7H2,1H3;2-5,7H,1H3;1-4H;1-6H;;;;;/q-1;-3;-2;3*-1;;;;;+3. The molecule has 4 radical (unpaired) electrons. The third-order valence-corrected chi connectivity index (χ3v) is 12.1. The number of rotatable bonds is 9. The van der Waals surface area contributed by atoms with E-state index in [0.717, 1.165) is 52.0 Å². The summed E-state index contributed by atoms with van der Waals surface area (Å²) < 4.78 is 65.7. The predicted octanol–water partition coefficient (Wildman–Crippen LogP) is 11.5. The zero-order valence-corrected chi connectivity index (χ0v) is 61.4. The molecule has 0 spiro atoms. The van der Waals surface area contributed by atoms with Gasteiger partial charge in [0.05, 0.1) is 11.5 Å². The van der Waals surface area contributed by atoms with Crippen LogP contribution in [0.1, 0.15) is 11.4 Å². The maximum Gasteiger partial charge on any atom is 3.00 e. The third-order valence-electron chi connectivity index (χ3n) is 12.1. The van der Waals surface area contributed by atoms with E-state index in [1.165, 1.54) is 23.4 Å². The fraction of sp³-hybridized carbons (Fsp3) is 0.0923. The first kappa shape index (κ1) is 77.5. The van der Waals surface area contributed by atoms with E-state index in [1.54, 1.807) is 46.6 Å². The van der Waals surface area contributed by atoms with E-state index in [-0.39, 0.29) is 112 Å². The van der Waals surface area contributed by atoms with Crippen molar-refractivity contribution in [2.75, 3.05) is 30.9 Å². The fourth-order valence-corrected chi connectivity index (χ4v) is 7.96. The van der Waals surface area contributed by atoms with Crippen LogP contribution in [0.3, 0.4) is 0 Å². The number of aromatic nitrogens is 12. The van der Waals surface area contributed by atoms with Crippen molar-refractivity contribution in [2.24, 2.45) is 7.05 Å². The van der Waals surface area contributed by atoms with Gasteiger partial charge in [-0.05, 0) is 112 Å². The van der Waals surface area contributed by atoms with Gasteiger partial charge in [0.1, 0.15) is 12.2 Å². The van der Waals surface area contributed by atoms with Crippen molar-refractivity contribution in [3.63, 3.8) is 0 Å². The van der Waals surface area contributed by atoms with E-state index >= 15 is 0 Å². The van der Waals surface area contributed by atoms with Gasteiger partial charge in [-0.1, -0.05) is 54.2 Å². The van der Waals surface area contributed by atoms with Crippen LogP contribution in [0.4, 0.5) is 33.3 Å². The molecule has 11 aromatic rings. The molecule has 9 heterocycles. The molecule has 0 bridgehead atoms. The third kappa shape index (κ3) is 23.8. The van der Waals surface area contributed by atoms with E-state index in [2.05, 4.69) is 99.1 Å². The van der Waals surface area contributed by atoms with Crippen molar-refractivity contribution in [2.45, 2.75) is 12.7 Å². The van der Waals surface area contributed by atoms with E-state index in [4.69, 9.17) is 0 Å². The topological polar surface area (TPSA) is 161 Å². The summed E-state index contributed by atoms with van der Waals surface area (Å²) in [6.07, 6.45) is 17.4. The second-order valence-electron chi connectivity index (χ2n) is 18.9. The first-order valence-corrected chi connectivity index (χ1v) is 26.8. The second kappa shape index (κ2) is 38.9. The van der Waals surface area contributed by atoms with Crippen LogP contribution >= 0.6 is 0 Å². The quantitative estimate of drug-likeness (QED) is 0.0991. The van der Waals surface area contributed by atoms with Crippen LogP contribution in [-0.4, -0.2) is 90.4 Å². The van der Waals surface area contributed by atoms with Crippen molar-refractivity contribution >= 4 is 11.4 Å². The number of benzene rings is 5. The van der Waals surface area contributed by atoms with Crippen molar-refractivity contribution in [1.82, 2.24) is 79.5 Å². The van der Waals surface area contributed by atoms with Gasteiger partial charge in [-0.25, -0.2) is 5.10 Å². The normalized spacial score (nSPS) is 12.2. The van der Waals surface area contributed by atoms with Crippen molar-refractivity contribution in [3.05, 3.63) is 293 Å². The number of pyridine rings is 2. The fourth-order valence-electron chi connectivity index (χ4n) is 7.96. The zero-order chi connectivity index (χ0) is 61.7. The number of anilines is 2. The molecule has 93 heavy (non-hydrogen) atoms. The summed E-state index contributed by atoms with van der Waals surface area (Å²) in [5, 5.41) is 22.2. The smallest absolute Gasteiger partial charge is 0.574 e. The van der Waals surface area contributed by atoms with Crippen LogP contribution in [0.5, 0.6) is 0 Å². The summed E-state index contributed by atoms with van der Waals surface area (Å²) in [5.74, 6) is -1.81. The molecule has 28 heteroatoms. The van der Waals surface area contributed by atoms with E-state index in [1.807, 2.05) is 218 Å². The van der Waals surface area contributed by atoms with Gasteiger partial charge in [0.25, 0.3) is 0 Å². The molecule has 5 aromatic carbocycles. The Morgan fingerprint density at radius 3 is 1.75 bits per heavy atom. The molecule has 0 fully saturated rings. The SMILES string of the molecule is CN1C=CN(Cc2[c-]cc(F)cc2F)[CH-]1.CN1C=CN(c2[c-]c(N3C=CN(C)[CH-]3)ccc2)[CH-]1.Cn1cnc(-c2[c-]cccc2)n1.FC(F)(F)c1n[n-]c(-c2ccccn2)n1.[Ir+3].[Ir].[Ir].[Ir].[Ir].[c-]1ccc(-c2ccccc2)cc1-n1cccn1.c1ccc(-c2ccn[n-]2)nc1. The van der Waals surface area contributed by atoms with Gasteiger partial charge in [-0.2, -0.15) is 68.6 Å². The molecule has 18 nitrogen and oxygen atoms in total. The van der Waals surface area contributed by atoms with Crippen LogP contribution in [0.25, 0.3) is 51.1 Å². The summed E-state index contributed by atoms with van der Waals surface area (Å²) in [6, 6.07) is 58.7. The van der Waals surface area contributed by atoms with Crippen molar-refractivity contribution in [1.29, 1.82) is 0 Å². The van der Waals surface area contributed by atoms with Gasteiger partial charge in [0, 0.05) is 136 Å². The van der Waals surface area contributed by atoms with Crippen LogP contribution in [-0.2, 0) is 120 Å². The summed E-state index contributed by atoms with van der Waals surface area (Å²) in [6.45, 7) is 6.21. The number of hydrogen-bond donors (Lipinski definition) is 0. The predicted molar refractivity (Wildman–Crippen MR) is 322 cm³/mol. The molecule has 0 saturated heterocycles. The Hall–Kier alpha value is -7.98. The van der Waals surface area contributed by atoms with Crippen LogP contribution in [0.15, 0.2) is 226 Å². The molecule has 6 aromatic heterocycles. The number of aryl methyl sites for hydroxylation is 1. The molecular formula is C65H54F5Ir5N18-6. The molecule has 0 unspecified atom stereocenters. The molecule has 0 atom stereocenters. The first-order valence-electron chi connectivity index (χ1n) is 26.8. The minimum atomic E-state index is -4.57. The number of alkyl halides is 3. The molecular weight excluding hydrogens is 2090 g/mol. The van der Waals surface area contributed by atoms with E-state index in [0.29, 0.717) is 12.1 Å². The average Bonchev–Trinajstić information content (AvgIpc) is 2.24. The Kier molecular flexibility index (Phi) is 32.4. The summed E-state index contributed by atoms with van der Waals surface area (Å²) in [5.41, 5.74) is 8.64. The molecule has 0 amide bonds. The minimum absolute atomic E-state index is 0. The largest absolute Gasteiger partial charge is 3.00 e. The molecule has 0 saturated carbocycles. The van der Waals surface area contributed by atoms with E-state index < -0.39 is 23.6 Å². The Bertz CT molecular complexity index is 3920. The van der Waals surface area contributed by atoms with Gasteiger partial charge in [0.2, 0.25) is 0 Å². The van der Waals surface area contributed by atoms with Gasteiger partial charge in [-0.3, -0.25) is 38.2 Å². The summed E-state index contributed by atoms with van der Waals surface area (Å²) in [4.78, 5) is 27.0. The molecule has 490 valence electrons. The summed E-state index contributed by atoms with van der Waals surface area (Å²) in [7, 11) is 7.74. The van der Waals surface area contributed by atoms with Crippen molar-refractivity contribution < 1.29 is 122 Å². The summed E-state index contributed by atoms with van der Waals surface area (Å²) >= 11 is 0. The van der Waals surface area contributed by atoms with Crippen LogP contribution in [0.2, 0.25) is 0 Å². The van der Waals surface area contributed by atoms with E-state index in [9.17, 15) is 22.0 Å². The molecule has 3 aliphatic heterocycles. The van der Waals surface area contributed by atoms with Gasteiger partial charge >= 0.3 is 26.3 Å². The zero-order valence-electron chi connectivity index (χ0n) is 49.4. The van der Waals surface area contributed by atoms with Crippen LogP contribution in [0, 0.1) is 55.9 Å². The van der Waals surface area contributed by atoms with Gasteiger partial charge in [-0.15, -0.1) is 94.8 Å². The van der Waals surface area contributed by atoms with Crippen LogP contribution < -0.4 is 20.0 Å². The molecule has 14 rings (SSSR count). The molecule has 0 N–H and O–H groups in total. The first-order chi connectivity index (χ1) is 42.7. The average molecular weight is 2140 g/mol. The Morgan fingerprint density at radius 1 is 0.570 bits per heavy atom. The molecule has 0 aliphatic carbocycles. The Balaban J connectivity index is 0.000000237. The van der Waals surface area contributed by atoms with Crippen molar-refractivity contribution in [3.8, 4) is 51.1 Å². The number of nitrogens with zero attached hydrogens (tertiary/aromatic N) is 18. The maximum absolute atomic E-state index is 13.3. The Labute approximate surface area is 603 Å². The monoisotopic (exact) mass is 2150 g/mol. The van der Waals surface area contributed by atoms with Gasteiger partial charge in [0.15, 0.2) is 0 Å². The van der Waals surface area contributed by atoms with Gasteiger partial charge < -0.3 is 49.7 Å². The maximum atomic E-state index is 13.3. The Morgan fingerprint density at radius 2 is 1.23 bits per heavy atom. The second-order valence-corrected chi connectivity index (χ2v) is 18.9. The number of hydrogen-bond acceptors (Lipinski definition) is 14. The minimum Gasteiger partial charge on any atom is -0.574 e. The molecule has 3 aliphatic rings. The number of halogens is 5.